The highest BCUT2D eigenvalue weighted by Crippen LogP contribution is 2.32. The highest BCUT2D eigenvalue weighted by atomic mass is 16.7. The summed E-state index contributed by atoms with van der Waals surface area (Å²) in [6.45, 7) is 6.78. The van der Waals surface area contributed by atoms with Crippen molar-refractivity contribution in [3.8, 4) is 0 Å². The van der Waals surface area contributed by atoms with E-state index in [0.29, 0.717) is 29.9 Å². The molecule has 0 radical (unpaired) electrons. The first-order chi connectivity index (χ1) is 16.9. The number of carbonyl (C=O) groups excluding carboxylic acids is 2. The molecule has 0 aliphatic carbocycles. The summed E-state index contributed by atoms with van der Waals surface area (Å²) >= 11 is 0. The smallest absolute Gasteiger partial charge is 0.331 e. The predicted molar refractivity (Wildman–Crippen MR) is 139 cm³/mol. The van der Waals surface area contributed by atoms with Crippen LogP contribution in [0.1, 0.15) is 53.7 Å². The lowest BCUT2D eigenvalue weighted by Gasteiger charge is -2.07. The van der Waals surface area contributed by atoms with Crippen molar-refractivity contribution in [3.05, 3.63) is 82.9 Å². The van der Waals surface area contributed by atoms with E-state index < -0.39 is 5.97 Å². The molecule has 4 aromatic rings. The van der Waals surface area contributed by atoms with Crippen LogP contribution in [-0.2, 0) is 20.9 Å². The Hall–Kier alpha value is -3.77. The van der Waals surface area contributed by atoms with E-state index in [1.807, 2.05) is 55.5 Å². The summed E-state index contributed by atoms with van der Waals surface area (Å²) < 4.78 is 7.42. The Morgan fingerprint density at radius 3 is 2.23 bits per heavy atom. The van der Waals surface area contributed by atoms with Crippen LogP contribution < -0.4 is 0 Å². The average molecular weight is 471 g/mol. The third-order valence-electron chi connectivity index (χ3n) is 6.21. The van der Waals surface area contributed by atoms with Gasteiger partial charge in [-0.05, 0) is 62.6 Å². The van der Waals surface area contributed by atoms with Crippen LogP contribution in [0.15, 0.2) is 65.8 Å². The monoisotopic (exact) mass is 470 g/mol. The second kappa shape index (κ2) is 10.7. The van der Waals surface area contributed by atoms with Gasteiger partial charge in [-0.15, -0.1) is 0 Å². The summed E-state index contributed by atoms with van der Waals surface area (Å²) in [5.41, 5.74) is 6.03. The number of aromatic nitrogens is 1. The summed E-state index contributed by atoms with van der Waals surface area (Å²) in [7, 11) is 1.66. The summed E-state index contributed by atoms with van der Waals surface area (Å²) in [5, 5.41) is 6.16. The lowest BCUT2D eigenvalue weighted by Crippen LogP contribution is -2.06. The minimum atomic E-state index is -0.461. The predicted octanol–water partition coefficient (Wildman–Crippen LogP) is 6.05. The lowest BCUT2D eigenvalue weighted by molar-refractivity contribution is -0.140. The molecule has 35 heavy (non-hydrogen) atoms. The first-order valence-corrected chi connectivity index (χ1v) is 11.8. The molecular weight excluding hydrogens is 440 g/mol. The molecule has 0 unspecified atom stereocenters. The van der Waals surface area contributed by atoms with E-state index in [2.05, 4.69) is 28.8 Å². The molecule has 6 nitrogen and oxygen atoms in total. The van der Waals surface area contributed by atoms with Gasteiger partial charge in [0.1, 0.15) is 0 Å². The second-order valence-corrected chi connectivity index (χ2v) is 8.57. The van der Waals surface area contributed by atoms with Crippen molar-refractivity contribution in [2.24, 2.45) is 5.16 Å². The molecule has 180 valence electrons. The summed E-state index contributed by atoms with van der Waals surface area (Å²) in [6, 6.07) is 19.7. The zero-order chi connectivity index (χ0) is 24.9. The standard InChI is InChI=1S/C29H30N2O4/c1-5-31-27-14-12-21(26(11-8-16-34-4)30-35-20(3)32)17-24(27)25-18-22(13-15-28(25)31)29(33)23-10-7-6-9-19(23)2/h6-7,9-10,12-15,17-18H,5,8,11,16H2,1-4H3/b30-26+. The minimum Gasteiger partial charge on any atom is -0.385 e. The van der Waals surface area contributed by atoms with Gasteiger partial charge in [0.25, 0.3) is 0 Å². The van der Waals surface area contributed by atoms with Gasteiger partial charge in [-0.1, -0.05) is 35.5 Å². The molecule has 0 amide bonds. The molecule has 0 spiro atoms. The maximum atomic E-state index is 13.3. The van der Waals surface area contributed by atoms with Gasteiger partial charge in [0.05, 0.1) is 5.71 Å². The van der Waals surface area contributed by atoms with Gasteiger partial charge in [0.2, 0.25) is 0 Å². The topological polar surface area (TPSA) is 69.9 Å². The third-order valence-corrected chi connectivity index (χ3v) is 6.21. The molecule has 0 aliphatic heterocycles. The maximum Gasteiger partial charge on any atom is 0.331 e. The zero-order valence-corrected chi connectivity index (χ0v) is 20.6. The van der Waals surface area contributed by atoms with Crippen molar-refractivity contribution < 1.29 is 19.2 Å². The Labute approximate surface area is 205 Å². The zero-order valence-electron chi connectivity index (χ0n) is 20.6. The summed E-state index contributed by atoms with van der Waals surface area (Å²) in [4.78, 5) is 29.7. The Morgan fingerprint density at radius 1 is 0.943 bits per heavy atom. The van der Waals surface area contributed by atoms with E-state index in [4.69, 9.17) is 9.57 Å². The van der Waals surface area contributed by atoms with E-state index in [1.54, 1.807) is 7.11 Å². The largest absolute Gasteiger partial charge is 0.385 e. The van der Waals surface area contributed by atoms with E-state index in [1.165, 1.54) is 6.92 Å². The van der Waals surface area contributed by atoms with Crippen LogP contribution in [-0.4, -0.2) is 35.7 Å². The number of benzene rings is 3. The van der Waals surface area contributed by atoms with Crippen LogP contribution in [0.25, 0.3) is 21.8 Å². The number of carbonyl (C=O) groups is 2. The summed E-state index contributed by atoms with van der Waals surface area (Å²) in [6.07, 6.45) is 1.36. The quantitative estimate of drug-likeness (QED) is 0.0982. The van der Waals surface area contributed by atoms with Crippen LogP contribution in [0, 0.1) is 6.92 Å². The van der Waals surface area contributed by atoms with E-state index >= 15 is 0 Å². The molecule has 1 aromatic heterocycles. The lowest BCUT2D eigenvalue weighted by atomic mass is 9.97. The van der Waals surface area contributed by atoms with Gasteiger partial charge in [0, 0.05) is 65.7 Å². The third kappa shape index (κ3) is 5.03. The highest BCUT2D eigenvalue weighted by Gasteiger charge is 2.17. The molecule has 0 bridgehead atoms. The van der Waals surface area contributed by atoms with Crippen LogP contribution in [0.2, 0.25) is 0 Å². The molecule has 1 heterocycles. The molecule has 0 saturated carbocycles. The molecule has 0 aliphatic rings. The molecule has 0 N–H and O–H groups in total. The minimum absolute atomic E-state index is 0.00947. The van der Waals surface area contributed by atoms with Crippen LogP contribution in [0.5, 0.6) is 0 Å². The molecule has 0 fully saturated rings. The van der Waals surface area contributed by atoms with E-state index in [0.717, 1.165) is 45.9 Å². The van der Waals surface area contributed by atoms with Crippen molar-refractivity contribution in [2.45, 2.75) is 40.2 Å². The maximum absolute atomic E-state index is 13.3. The molecule has 0 atom stereocenters. The number of ketones is 1. The number of methoxy groups -OCH3 is 1. The molecule has 0 saturated heterocycles. The van der Waals surface area contributed by atoms with Crippen LogP contribution in [0.4, 0.5) is 0 Å². The number of fused-ring (bicyclic) bond motifs is 3. The second-order valence-electron chi connectivity index (χ2n) is 8.57. The molecule has 6 heteroatoms. The van der Waals surface area contributed by atoms with E-state index in [9.17, 15) is 9.59 Å². The number of oxime groups is 1. The van der Waals surface area contributed by atoms with Crippen molar-refractivity contribution in [2.75, 3.05) is 13.7 Å². The fraction of sp³-hybridized carbons (Fsp3) is 0.276. The highest BCUT2D eigenvalue weighted by molar-refractivity contribution is 6.16. The summed E-state index contributed by atoms with van der Waals surface area (Å²) in [5.74, 6) is -0.451. The van der Waals surface area contributed by atoms with Gasteiger partial charge >= 0.3 is 5.97 Å². The molecular formula is C29H30N2O4. The Bertz CT molecular complexity index is 1430. The SMILES string of the molecule is CCn1c2ccc(C(=O)c3ccccc3C)cc2c2cc(/C(CCCOC)=N/OC(C)=O)ccc21. The van der Waals surface area contributed by atoms with Crippen LogP contribution >= 0.6 is 0 Å². The Kier molecular flexibility index (Phi) is 7.42. The van der Waals surface area contributed by atoms with Gasteiger partial charge in [-0.3, -0.25) is 4.79 Å². The Balaban J connectivity index is 1.85. The normalized spacial score (nSPS) is 11.8. The van der Waals surface area contributed by atoms with Gasteiger partial charge < -0.3 is 14.1 Å². The number of aryl methyl sites for hydroxylation is 2. The number of rotatable bonds is 9. The average Bonchev–Trinajstić information content (AvgIpc) is 3.18. The van der Waals surface area contributed by atoms with Crippen molar-refractivity contribution in [1.82, 2.24) is 4.57 Å². The van der Waals surface area contributed by atoms with Crippen LogP contribution in [0.3, 0.4) is 0 Å². The first kappa shape index (κ1) is 24.4. The van der Waals surface area contributed by atoms with E-state index in [-0.39, 0.29) is 5.78 Å². The fourth-order valence-electron chi connectivity index (χ4n) is 4.49. The van der Waals surface area contributed by atoms with Gasteiger partial charge in [0.15, 0.2) is 5.78 Å². The fourth-order valence-corrected chi connectivity index (χ4v) is 4.49. The number of hydrogen-bond donors (Lipinski definition) is 0. The van der Waals surface area contributed by atoms with Gasteiger partial charge in [-0.25, -0.2) is 4.79 Å². The number of hydrogen-bond acceptors (Lipinski definition) is 5. The molecule has 3 aromatic carbocycles. The van der Waals surface area contributed by atoms with Crippen molar-refractivity contribution in [3.63, 3.8) is 0 Å². The number of nitrogens with zero attached hydrogens (tertiary/aromatic N) is 2. The van der Waals surface area contributed by atoms with Crippen molar-refractivity contribution in [1.29, 1.82) is 0 Å². The van der Waals surface area contributed by atoms with Gasteiger partial charge in [-0.2, -0.15) is 0 Å². The number of ether oxygens (including phenoxy) is 1. The molecule has 4 rings (SSSR count). The Morgan fingerprint density at radius 2 is 1.60 bits per heavy atom. The van der Waals surface area contributed by atoms with Crippen molar-refractivity contribution >= 4 is 39.3 Å². The first-order valence-electron chi connectivity index (χ1n) is 11.8.